The van der Waals surface area contributed by atoms with Gasteiger partial charge in [0.05, 0.1) is 0 Å². The van der Waals surface area contributed by atoms with Gasteiger partial charge in [-0.3, -0.25) is 4.40 Å². The summed E-state index contributed by atoms with van der Waals surface area (Å²) in [5.74, 6) is 0.968. The molecule has 20 heavy (non-hydrogen) atoms. The SMILES string of the molecule is c1ccc2cc(Cc3nnc4ccccn34)ccc2c1. The van der Waals surface area contributed by atoms with Crippen molar-refractivity contribution >= 4 is 16.4 Å². The number of hydrogen-bond donors (Lipinski definition) is 0. The lowest BCUT2D eigenvalue weighted by Crippen LogP contribution is -1.96. The van der Waals surface area contributed by atoms with Gasteiger partial charge in [-0.25, -0.2) is 0 Å². The zero-order valence-corrected chi connectivity index (χ0v) is 10.9. The summed E-state index contributed by atoms with van der Waals surface area (Å²) in [5.41, 5.74) is 2.14. The van der Waals surface area contributed by atoms with Gasteiger partial charge in [0.2, 0.25) is 0 Å². The van der Waals surface area contributed by atoms with Crippen LogP contribution in [0.15, 0.2) is 66.9 Å². The Morgan fingerprint density at radius 1 is 0.800 bits per heavy atom. The summed E-state index contributed by atoms with van der Waals surface area (Å²) in [6.07, 6.45) is 2.79. The van der Waals surface area contributed by atoms with Crippen LogP contribution in [0.4, 0.5) is 0 Å². The van der Waals surface area contributed by atoms with Crippen molar-refractivity contribution in [3.63, 3.8) is 0 Å². The summed E-state index contributed by atoms with van der Waals surface area (Å²) in [4.78, 5) is 0. The van der Waals surface area contributed by atoms with Gasteiger partial charge in [-0.15, -0.1) is 10.2 Å². The van der Waals surface area contributed by atoms with Gasteiger partial charge in [0, 0.05) is 12.6 Å². The molecule has 0 radical (unpaired) electrons. The van der Waals surface area contributed by atoms with Gasteiger partial charge >= 0.3 is 0 Å². The Kier molecular flexibility index (Phi) is 2.49. The van der Waals surface area contributed by atoms with E-state index in [0.717, 1.165) is 17.9 Å². The first kappa shape index (κ1) is 11.2. The molecular weight excluding hydrogens is 246 g/mol. The maximum Gasteiger partial charge on any atom is 0.160 e. The van der Waals surface area contributed by atoms with Crippen molar-refractivity contribution in [3.05, 3.63) is 78.2 Å². The second-order valence-electron chi connectivity index (χ2n) is 4.90. The van der Waals surface area contributed by atoms with Crippen LogP contribution in [0.3, 0.4) is 0 Å². The van der Waals surface area contributed by atoms with Gasteiger partial charge in [0.1, 0.15) is 5.82 Å². The smallest absolute Gasteiger partial charge is 0.160 e. The molecule has 2 aromatic heterocycles. The summed E-state index contributed by atoms with van der Waals surface area (Å²) >= 11 is 0. The van der Waals surface area contributed by atoms with Gasteiger partial charge in [-0.2, -0.15) is 0 Å². The normalized spacial score (nSPS) is 11.2. The van der Waals surface area contributed by atoms with E-state index in [-0.39, 0.29) is 0 Å². The Morgan fingerprint density at radius 2 is 1.65 bits per heavy atom. The molecule has 0 aliphatic carbocycles. The molecule has 2 aromatic carbocycles. The van der Waals surface area contributed by atoms with Crippen LogP contribution in [0.25, 0.3) is 16.4 Å². The van der Waals surface area contributed by atoms with Crippen LogP contribution in [0.2, 0.25) is 0 Å². The quantitative estimate of drug-likeness (QED) is 0.551. The second-order valence-corrected chi connectivity index (χ2v) is 4.90. The highest BCUT2D eigenvalue weighted by molar-refractivity contribution is 5.83. The number of hydrogen-bond acceptors (Lipinski definition) is 2. The van der Waals surface area contributed by atoms with Gasteiger partial charge in [-0.05, 0) is 28.5 Å². The van der Waals surface area contributed by atoms with Gasteiger partial charge in [0.25, 0.3) is 0 Å². The summed E-state index contributed by atoms with van der Waals surface area (Å²) in [6, 6.07) is 20.9. The van der Waals surface area contributed by atoms with Crippen molar-refractivity contribution in [1.29, 1.82) is 0 Å². The molecule has 2 heterocycles. The standard InChI is InChI=1S/C17H13N3/c1-2-6-15-11-13(8-9-14(15)5-1)12-17-19-18-16-7-3-4-10-20(16)17/h1-11H,12H2. The molecular formula is C17H13N3. The molecule has 0 aliphatic rings. The predicted molar refractivity (Wildman–Crippen MR) is 79.7 cm³/mol. The number of nitrogens with zero attached hydrogens (tertiary/aromatic N) is 3. The molecule has 3 heteroatoms. The molecule has 0 saturated heterocycles. The van der Waals surface area contributed by atoms with E-state index in [0.29, 0.717) is 0 Å². The summed E-state index contributed by atoms with van der Waals surface area (Å²) in [7, 11) is 0. The Hall–Kier alpha value is -2.68. The summed E-state index contributed by atoms with van der Waals surface area (Å²) in [5, 5.41) is 11.0. The Bertz CT molecular complexity index is 893. The predicted octanol–water partition coefficient (Wildman–Crippen LogP) is 3.47. The first-order valence-corrected chi connectivity index (χ1v) is 6.66. The highest BCUT2D eigenvalue weighted by Gasteiger charge is 2.06. The maximum absolute atomic E-state index is 4.28. The Balaban J connectivity index is 1.76. The lowest BCUT2D eigenvalue weighted by Gasteiger charge is -2.03. The fourth-order valence-corrected chi connectivity index (χ4v) is 2.54. The van der Waals surface area contributed by atoms with Crippen molar-refractivity contribution in [2.24, 2.45) is 0 Å². The van der Waals surface area contributed by atoms with Crippen LogP contribution < -0.4 is 0 Å². The molecule has 0 N–H and O–H groups in total. The van der Waals surface area contributed by atoms with Crippen LogP contribution in [0.5, 0.6) is 0 Å². The topological polar surface area (TPSA) is 30.2 Å². The van der Waals surface area contributed by atoms with Crippen LogP contribution in [0, 0.1) is 0 Å². The van der Waals surface area contributed by atoms with Crippen molar-refractivity contribution < 1.29 is 0 Å². The Morgan fingerprint density at radius 3 is 2.60 bits per heavy atom. The van der Waals surface area contributed by atoms with E-state index in [9.17, 15) is 0 Å². The van der Waals surface area contributed by atoms with Crippen LogP contribution in [-0.4, -0.2) is 14.6 Å². The highest BCUT2D eigenvalue weighted by Crippen LogP contribution is 2.17. The number of pyridine rings is 1. The second kappa shape index (κ2) is 4.46. The molecule has 4 rings (SSSR count). The summed E-state index contributed by atoms with van der Waals surface area (Å²) < 4.78 is 2.04. The van der Waals surface area contributed by atoms with E-state index in [1.807, 2.05) is 28.8 Å². The number of rotatable bonds is 2. The minimum Gasteiger partial charge on any atom is -0.286 e. The number of benzene rings is 2. The lowest BCUT2D eigenvalue weighted by atomic mass is 10.1. The third kappa shape index (κ3) is 1.84. The highest BCUT2D eigenvalue weighted by atomic mass is 15.2. The lowest BCUT2D eigenvalue weighted by molar-refractivity contribution is 0.935. The molecule has 0 amide bonds. The first-order chi connectivity index (χ1) is 9.90. The molecule has 0 unspecified atom stereocenters. The van der Waals surface area contributed by atoms with Crippen molar-refractivity contribution in [2.45, 2.75) is 6.42 Å². The molecule has 0 bridgehead atoms. The van der Waals surface area contributed by atoms with Gasteiger partial charge in [-0.1, -0.05) is 48.5 Å². The zero-order valence-electron chi connectivity index (χ0n) is 10.9. The third-order valence-electron chi connectivity index (χ3n) is 3.56. The van der Waals surface area contributed by atoms with Crippen LogP contribution in [-0.2, 0) is 6.42 Å². The zero-order chi connectivity index (χ0) is 13.4. The van der Waals surface area contributed by atoms with Crippen LogP contribution >= 0.6 is 0 Å². The molecule has 0 atom stereocenters. The van der Waals surface area contributed by atoms with Crippen LogP contribution in [0.1, 0.15) is 11.4 Å². The van der Waals surface area contributed by atoms with E-state index in [2.05, 4.69) is 52.7 Å². The van der Waals surface area contributed by atoms with E-state index in [1.54, 1.807) is 0 Å². The molecule has 0 spiro atoms. The van der Waals surface area contributed by atoms with Crippen molar-refractivity contribution in [3.8, 4) is 0 Å². The Labute approximate surface area is 116 Å². The van der Waals surface area contributed by atoms with Crippen molar-refractivity contribution in [1.82, 2.24) is 14.6 Å². The third-order valence-corrected chi connectivity index (χ3v) is 3.56. The van der Waals surface area contributed by atoms with Crippen molar-refractivity contribution in [2.75, 3.05) is 0 Å². The van der Waals surface area contributed by atoms with E-state index < -0.39 is 0 Å². The average Bonchev–Trinajstić information content (AvgIpc) is 2.91. The molecule has 0 aliphatic heterocycles. The average molecular weight is 259 g/mol. The molecule has 4 aromatic rings. The first-order valence-electron chi connectivity index (χ1n) is 6.66. The van der Waals surface area contributed by atoms with Gasteiger partial charge < -0.3 is 0 Å². The maximum atomic E-state index is 4.28. The van der Waals surface area contributed by atoms with Gasteiger partial charge in [0.15, 0.2) is 5.65 Å². The molecule has 3 nitrogen and oxygen atoms in total. The molecule has 0 fully saturated rings. The van der Waals surface area contributed by atoms with E-state index in [1.165, 1.54) is 16.3 Å². The van der Waals surface area contributed by atoms with E-state index in [4.69, 9.17) is 0 Å². The number of aromatic nitrogens is 3. The fourth-order valence-electron chi connectivity index (χ4n) is 2.54. The summed E-state index contributed by atoms with van der Waals surface area (Å²) in [6.45, 7) is 0. The molecule has 0 saturated carbocycles. The largest absolute Gasteiger partial charge is 0.286 e. The minimum atomic E-state index is 0.788. The fraction of sp³-hybridized carbons (Fsp3) is 0.0588. The van der Waals surface area contributed by atoms with E-state index >= 15 is 0 Å². The minimum absolute atomic E-state index is 0.788. The number of fused-ring (bicyclic) bond motifs is 2. The molecule has 96 valence electrons. The monoisotopic (exact) mass is 259 g/mol.